The molecule has 1 aromatic rings. The smallest absolute Gasteiger partial charge is 0.260 e. The second kappa shape index (κ2) is 6.02. The Morgan fingerprint density at radius 3 is 2.84 bits per heavy atom. The van der Waals surface area contributed by atoms with Gasteiger partial charge in [-0.25, -0.2) is 8.42 Å². The third-order valence-corrected chi connectivity index (χ3v) is 5.49. The predicted octanol–water partition coefficient (Wildman–Crippen LogP) is 0.940. The standard InChI is InChI=1S/C12H22N4O2S/c1-3-13-7-11-8-14-15-12(11)19(17,18)16(2)9-10-5-4-6-10/h8,10,13H,3-7,9H2,1-2H3,(H,14,15). The van der Waals surface area contributed by atoms with Crippen LogP contribution >= 0.6 is 0 Å². The average molecular weight is 286 g/mol. The summed E-state index contributed by atoms with van der Waals surface area (Å²) in [6.45, 7) is 3.89. The van der Waals surface area contributed by atoms with Gasteiger partial charge in [0.1, 0.15) is 0 Å². The molecule has 1 saturated carbocycles. The van der Waals surface area contributed by atoms with Gasteiger partial charge in [0, 0.05) is 25.7 Å². The van der Waals surface area contributed by atoms with Gasteiger partial charge in [-0.3, -0.25) is 5.10 Å². The molecule has 0 spiro atoms. The maximum absolute atomic E-state index is 12.5. The van der Waals surface area contributed by atoms with Crippen molar-refractivity contribution in [1.29, 1.82) is 0 Å². The zero-order valence-electron chi connectivity index (χ0n) is 11.5. The third kappa shape index (κ3) is 3.16. The topological polar surface area (TPSA) is 78.1 Å². The predicted molar refractivity (Wildman–Crippen MR) is 73.1 cm³/mol. The summed E-state index contributed by atoms with van der Waals surface area (Å²) in [5, 5.41) is 9.83. The fourth-order valence-electron chi connectivity index (χ4n) is 2.20. The number of nitrogens with zero attached hydrogens (tertiary/aromatic N) is 2. The summed E-state index contributed by atoms with van der Waals surface area (Å²) in [6.07, 6.45) is 5.06. The maximum Gasteiger partial charge on any atom is 0.260 e. The van der Waals surface area contributed by atoms with Crippen LogP contribution in [0.25, 0.3) is 0 Å². The summed E-state index contributed by atoms with van der Waals surface area (Å²) >= 11 is 0. The Hall–Kier alpha value is -0.920. The van der Waals surface area contributed by atoms with Gasteiger partial charge < -0.3 is 5.32 Å². The molecule has 7 heteroatoms. The zero-order valence-corrected chi connectivity index (χ0v) is 12.3. The molecule has 0 aliphatic heterocycles. The molecule has 2 N–H and O–H groups in total. The minimum Gasteiger partial charge on any atom is -0.313 e. The van der Waals surface area contributed by atoms with Crippen LogP contribution in [0.15, 0.2) is 11.2 Å². The highest BCUT2D eigenvalue weighted by Gasteiger charge is 2.29. The Morgan fingerprint density at radius 2 is 2.26 bits per heavy atom. The van der Waals surface area contributed by atoms with Crippen LogP contribution < -0.4 is 5.32 Å². The first-order chi connectivity index (χ1) is 9.05. The maximum atomic E-state index is 12.5. The van der Waals surface area contributed by atoms with Crippen LogP contribution in [0.5, 0.6) is 0 Å². The van der Waals surface area contributed by atoms with Crippen molar-refractivity contribution >= 4 is 10.0 Å². The monoisotopic (exact) mass is 286 g/mol. The van der Waals surface area contributed by atoms with Gasteiger partial charge in [-0.2, -0.15) is 9.40 Å². The SMILES string of the molecule is CCNCc1cn[nH]c1S(=O)(=O)N(C)CC1CCC1. The molecule has 1 aliphatic carbocycles. The van der Waals surface area contributed by atoms with Crippen molar-refractivity contribution in [2.75, 3.05) is 20.1 Å². The van der Waals surface area contributed by atoms with Crippen LogP contribution in [0.1, 0.15) is 31.7 Å². The summed E-state index contributed by atoms with van der Waals surface area (Å²) < 4.78 is 26.4. The third-order valence-electron chi connectivity index (χ3n) is 3.65. The van der Waals surface area contributed by atoms with E-state index in [-0.39, 0.29) is 5.03 Å². The van der Waals surface area contributed by atoms with Gasteiger partial charge in [0.2, 0.25) is 0 Å². The molecule has 2 rings (SSSR count). The van der Waals surface area contributed by atoms with Gasteiger partial charge in [0.25, 0.3) is 10.0 Å². The van der Waals surface area contributed by atoms with Crippen molar-refractivity contribution in [3.63, 3.8) is 0 Å². The molecular weight excluding hydrogens is 264 g/mol. The van der Waals surface area contributed by atoms with Gasteiger partial charge in [-0.15, -0.1) is 0 Å². The highest BCUT2D eigenvalue weighted by molar-refractivity contribution is 7.89. The van der Waals surface area contributed by atoms with E-state index in [1.165, 1.54) is 10.7 Å². The molecule has 19 heavy (non-hydrogen) atoms. The minimum atomic E-state index is -3.45. The lowest BCUT2D eigenvalue weighted by atomic mass is 9.86. The molecule has 0 bridgehead atoms. The lowest BCUT2D eigenvalue weighted by Gasteiger charge is -2.29. The molecule has 1 aliphatic rings. The number of hydrogen-bond donors (Lipinski definition) is 2. The molecule has 0 atom stereocenters. The molecule has 0 radical (unpaired) electrons. The summed E-state index contributed by atoms with van der Waals surface area (Å²) in [4.78, 5) is 0. The van der Waals surface area contributed by atoms with Crippen LogP contribution in [0.3, 0.4) is 0 Å². The second-order valence-corrected chi connectivity index (χ2v) is 7.07. The minimum absolute atomic E-state index is 0.218. The molecule has 0 unspecified atom stereocenters. The first-order valence-corrected chi connectivity index (χ1v) is 8.19. The Labute approximate surface area is 114 Å². The van der Waals surface area contributed by atoms with Crippen molar-refractivity contribution in [3.05, 3.63) is 11.8 Å². The fourth-order valence-corrected chi connectivity index (χ4v) is 3.54. The molecule has 0 amide bonds. The van der Waals surface area contributed by atoms with E-state index in [1.807, 2.05) is 6.92 Å². The van der Waals surface area contributed by atoms with Crippen LogP contribution in [0.4, 0.5) is 0 Å². The summed E-state index contributed by atoms with van der Waals surface area (Å²) in [7, 11) is -1.81. The number of rotatable bonds is 7. The fraction of sp³-hybridized carbons (Fsp3) is 0.750. The molecule has 108 valence electrons. The first kappa shape index (κ1) is 14.5. The van der Waals surface area contributed by atoms with Gasteiger partial charge in [-0.05, 0) is 25.3 Å². The Balaban J connectivity index is 2.11. The Kier molecular flexibility index (Phi) is 4.59. The Bertz CT molecular complexity index is 508. The average Bonchev–Trinajstić information content (AvgIpc) is 2.79. The zero-order chi connectivity index (χ0) is 13.9. The first-order valence-electron chi connectivity index (χ1n) is 6.75. The number of aromatic amines is 1. The van der Waals surface area contributed by atoms with E-state index in [2.05, 4.69) is 15.5 Å². The van der Waals surface area contributed by atoms with E-state index in [4.69, 9.17) is 0 Å². The van der Waals surface area contributed by atoms with Gasteiger partial charge in [0.15, 0.2) is 5.03 Å². The Morgan fingerprint density at radius 1 is 1.53 bits per heavy atom. The van der Waals surface area contributed by atoms with E-state index in [0.717, 1.165) is 19.4 Å². The molecule has 0 aromatic carbocycles. The van der Waals surface area contributed by atoms with Crippen LogP contribution in [-0.2, 0) is 16.6 Å². The lowest BCUT2D eigenvalue weighted by molar-refractivity contribution is 0.262. The molecule has 1 aromatic heterocycles. The normalized spacial score (nSPS) is 16.8. The van der Waals surface area contributed by atoms with E-state index < -0.39 is 10.0 Å². The van der Waals surface area contributed by atoms with Gasteiger partial charge in [-0.1, -0.05) is 13.3 Å². The summed E-state index contributed by atoms with van der Waals surface area (Å²) in [6, 6.07) is 0. The van der Waals surface area contributed by atoms with Crippen LogP contribution in [0, 0.1) is 5.92 Å². The van der Waals surface area contributed by atoms with Crippen molar-refractivity contribution in [2.24, 2.45) is 5.92 Å². The van der Waals surface area contributed by atoms with E-state index in [1.54, 1.807) is 13.2 Å². The highest BCUT2D eigenvalue weighted by Crippen LogP contribution is 2.28. The summed E-state index contributed by atoms with van der Waals surface area (Å²) in [5.74, 6) is 0.514. The lowest BCUT2D eigenvalue weighted by Crippen LogP contribution is -2.35. The van der Waals surface area contributed by atoms with Crippen molar-refractivity contribution in [1.82, 2.24) is 19.8 Å². The number of nitrogens with one attached hydrogen (secondary N) is 2. The van der Waals surface area contributed by atoms with E-state index >= 15 is 0 Å². The van der Waals surface area contributed by atoms with Crippen LogP contribution in [0.2, 0.25) is 0 Å². The molecule has 1 fully saturated rings. The molecule has 0 saturated heterocycles. The van der Waals surface area contributed by atoms with Crippen molar-refractivity contribution in [2.45, 2.75) is 37.8 Å². The molecular formula is C12H22N4O2S. The molecule has 6 nitrogen and oxygen atoms in total. The molecule has 1 heterocycles. The largest absolute Gasteiger partial charge is 0.313 e. The van der Waals surface area contributed by atoms with E-state index in [0.29, 0.717) is 24.6 Å². The number of H-pyrrole nitrogens is 1. The van der Waals surface area contributed by atoms with Crippen LogP contribution in [-0.4, -0.2) is 43.1 Å². The van der Waals surface area contributed by atoms with Gasteiger partial charge >= 0.3 is 0 Å². The number of sulfonamides is 1. The highest BCUT2D eigenvalue weighted by atomic mass is 32.2. The van der Waals surface area contributed by atoms with E-state index in [9.17, 15) is 8.42 Å². The number of hydrogen-bond acceptors (Lipinski definition) is 4. The van der Waals surface area contributed by atoms with Gasteiger partial charge in [0.05, 0.1) is 6.20 Å². The second-order valence-electron chi connectivity index (χ2n) is 5.09. The number of aromatic nitrogens is 2. The van der Waals surface area contributed by atoms with Crippen molar-refractivity contribution < 1.29 is 8.42 Å². The summed E-state index contributed by atoms with van der Waals surface area (Å²) in [5.41, 5.74) is 0.697. The quantitative estimate of drug-likeness (QED) is 0.782. The van der Waals surface area contributed by atoms with Crippen molar-refractivity contribution in [3.8, 4) is 0 Å².